The Bertz CT molecular complexity index is 879. The highest BCUT2D eigenvalue weighted by molar-refractivity contribution is 7.99. The molecule has 0 radical (unpaired) electrons. The normalized spacial score (nSPS) is 17.0. The zero-order valence-electron chi connectivity index (χ0n) is 17.0. The maximum atomic E-state index is 12.9. The third kappa shape index (κ3) is 4.75. The van der Waals surface area contributed by atoms with Gasteiger partial charge in [-0.25, -0.2) is 9.89 Å². The molecule has 1 saturated heterocycles. The van der Waals surface area contributed by atoms with E-state index in [1.165, 1.54) is 17.3 Å². The van der Waals surface area contributed by atoms with Gasteiger partial charge in [-0.15, -0.1) is 5.10 Å². The van der Waals surface area contributed by atoms with Crippen molar-refractivity contribution in [3.05, 3.63) is 45.4 Å². The third-order valence-electron chi connectivity index (χ3n) is 5.13. The number of carbonyl (C=O) groups excluding carboxylic acids is 1. The molecule has 7 heteroatoms. The molecule has 0 bridgehead atoms. The van der Waals surface area contributed by atoms with Crippen LogP contribution in [0.4, 0.5) is 0 Å². The lowest BCUT2D eigenvalue weighted by Crippen LogP contribution is -2.25. The number of thioether (sulfide) groups is 1. The fourth-order valence-corrected chi connectivity index (χ4v) is 4.29. The van der Waals surface area contributed by atoms with Gasteiger partial charge >= 0.3 is 5.69 Å². The van der Waals surface area contributed by atoms with Crippen LogP contribution in [0.2, 0.25) is 0 Å². The number of aromatic amines is 1. The van der Waals surface area contributed by atoms with Crippen LogP contribution >= 0.6 is 11.8 Å². The van der Waals surface area contributed by atoms with Crippen LogP contribution in [0, 0.1) is 0 Å². The molecule has 28 heavy (non-hydrogen) atoms. The van der Waals surface area contributed by atoms with Crippen LogP contribution in [-0.2, 0) is 11.3 Å². The van der Waals surface area contributed by atoms with Crippen LogP contribution in [0.3, 0.4) is 0 Å². The summed E-state index contributed by atoms with van der Waals surface area (Å²) in [5, 5.41) is 7.13. The Morgan fingerprint density at radius 1 is 1.32 bits per heavy atom. The van der Waals surface area contributed by atoms with Gasteiger partial charge in [0.05, 0.1) is 18.4 Å². The maximum absolute atomic E-state index is 12.9. The fraction of sp³-hybridized carbons (Fsp3) is 0.571. The molecule has 3 rings (SSSR count). The lowest BCUT2D eigenvalue weighted by molar-refractivity contribution is 0.0941. The number of nitrogens with one attached hydrogen (secondary N) is 1. The van der Waals surface area contributed by atoms with Crippen molar-refractivity contribution < 1.29 is 9.53 Å². The molecule has 0 aliphatic carbocycles. The fourth-order valence-electron chi connectivity index (χ4n) is 3.45. The lowest BCUT2D eigenvalue weighted by atomic mass is 9.90. The van der Waals surface area contributed by atoms with Crippen molar-refractivity contribution >= 4 is 17.5 Å². The molecule has 1 aromatic carbocycles. The first-order valence-corrected chi connectivity index (χ1v) is 10.9. The Labute approximate surface area is 170 Å². The molecule has 0 spiro atoms. The second-order valence-electron chi connectivity index (χ2n) is 7.92. The molecule has 1 N–H and O–H groups in total. The van der Waals surface area contributed by atoms with Gasteiger partial charge in [0.15, 0.2) is 10.9 Å². The summed E-state index contributed by atoms with van der Waals surface area (Å²) in [7, 11) is 0. The van der Waals surface area contributed by atoms with E-state index in [1.54, 1.807) is 4.57 Å². The maximum Gasteiger partial charge on any atom is 0.344 e. The first-order chi connectivity index (χ1) is 13.4. The molecule has 1 aliphatic heterocycles. The summed E-state index contributed by atoms with van der Waals surface area (Å²) in [6.07, 6.45) is 2.00. The topological polar surface area (TPSA) is 77.0 Å². The number of carbonyl (C=O) groups is 1. The van der Waals surface area contributed by atoms with Crippen molar-refractivity contribution in [2.24, 2.45) is 0 Å². The number of ether oxygens (including phenoxy) is 1. The van der Waals surface area contributed by atoms with Gasteiger partial charge in [0.25, 0.3) is 0 Å². The molecule has 1 aromatic heterocycles. The summed E-state index contributed by atoms with van der Waals surface area (Å²) in [4.78, 5) is 25.0. The highest BCUT2D eigenvalue weighted by Crippen LogP contribution is 2.27. The number of rotatable bonds is 8. The number of Topliss-reactive ketones (excluding diaryl/α,β-unsaturated/α-hetero) is 1. The molecule has 0 saturated carbocycles. The van der Waals surface area contributed by atoms with Gasteiger partial charge in [0.2, 0.25) is 0 Å². The van der Waals surface area contributed by atoms with E-state index in [2.05, 4.69) is 44.0 Å². The van der Waals surface area contributed by atoms with Crippen LogP contribution < -0.4 is 5.69 Å². The standard InChI is InChI=1S/C21H29N3O3S/c1-13(2)15-7-8-17(18(10-15)14(3)4)19(25)12-28-21-23-22-20(26)24(21)11-16-6-5-9-27-16/h7-8,10,13-14,16H,5-6,9,11-12H2,1-4H3,(H,22,26). The summed E-state index contributed by atoms with van der Waals surface area (Å²) in [5.74, 6) is 0.998. The van der Waals surface area contributed by atoms with Gasteiger partial charge in [-0.1, -0.05) is 57.7 Å². The molecular formula is C21H29N3O3S. The summed E-state index contributed by atoms with van der Waals surface area (Å²) in [6, 6.07) is 6.13. The van der Waals surface area contributed by atoms with E-state index < -0.39 is 0 Å². The number of benzene rings is 1. The predicted octanol–water partition coefficient (Wildman–Crippen LogP) is 3.97. The van der Waals surface area contributed by atoms with Crippen molar-refractivity contribution in [1.29, 1.82) is 0 Å². The van der Waals surface area contributed by atoms with Crippen LogP contribution in [0.5, 0.6) is 0 Å². The van der Waals surface area contributed by atoms with E-state index >= 15 is 0 Å². The van der Waals surface area contributed by atoms with Crippen molar-refractivity contribution in [2.45, 2.75) is 70.2 Å². The van der Waals surface area contributed by atoms with E-state index in [-0.39, 0.29) is 29.2 Å². The van der Waals surface area contributed by atoms with Crippen molar-refractivity contribution in [2.75, 3.05) is 12.4 Å². The molecule has 1 aliphatic rings. The smallest absolute Gasteiger partial charge is 0.344 e. The van der Waals surface area contributed by atoms with Gasteiger partial charge in [-0.2, -0.15) is 0 Å². The molecule has 1 fully saturated rings. The Balaban J connectivity index is 1.73. The van der Waals surface area contributed by atoms with E-state index in [4.69, 9.17) is 4.74 Å². The number of nitrogens with zero attached hydrogens (tertiary/aromatic N) is 2. The van der Waals surface area contributed by atoms with Gasteiger partial charge in [0.1, 0.15) is 0 Å². The Kier molecular flexibility index (Phi) is 6.78. The van der Waals surface area contributed by atoms with Crippen LogP contribution in [0.25, 0.3) is 0 Å². The molecule has 2 aromatic rings. The highest BCUT2D eigenvalue weighted by Gasteiger charge is 2.21. The summed E-state index contributed by atoms with van der Waals surface area (Å²) in [5.41, 5.74) is 2.83. The average molecular weight is 404 g/mol. The quantitative estimate of drug-likeness (QED) is 0.533. The van der Waals surface area contributed by atoms with Gasteiger partial charge in [0, 0.05) is 12.2 Å². The molecule has 2 heterocycles. The van der Waals surface area contributed by atoms with E-state index in [0.29, 0.717) is 17.6 Å². The first-order valence-electron chi connectivity index (χ1n) is 9.93. The number of H-pyrrole nitrogens is 1. The molecule has 1 atom stereocenters. The number of hydrogen-bond acceptors (Lipinski definition) is 5. The molecule has 1 unspecified atom stereocenters. The molecule has 152 valence electrons. The Morgan fingerprint density at radius 3 is 2.75 bits per heavy atom. The van der Waals surface area contributed by atoms with E-state index in [0.717, 1.165) is 30.6 Å². The van der Waals surface area contributed by atoms with Crippen LogP contribution in [0.1, 0.15) is 73.9 Å². The SMILES string of the molecule is CC(C)c1ccc(C(=O)CSc2n[nH]c(=O)n2CC2CCCO2)c(C(C)C)c1. The van der Waals surface area contributed by atoms with Gasteiger partial charge in [-0.05, 0) is 35.8 Å². The molecule has 0 amide bonds. The summed E-state index contributed by atoms with van der Waals surface area (Å²) >= 11 is 1.30. The minimum atomic E-state index is -0.255. The predicted molar refractivity (Wildman–Crippen MR) is 111 cm³/mol. The minimum Gasteiger partial charge on any atom is -0.376 e. The van der Waals surface area contributed by atoms with Gasteiger partial charge in [-0.3, -0.25) is 9.36 Å². The van der Waals surface area contributed by atoms with E-state index in [9.17, 15) is 9.59 Å². The lowest BCUT2D eigenvalue weighted by Gasteiger charge is -2.16. The number of ketones is 1. The van der Waals surface area contributed by atoms with Crippen LogP contribution in [0.15, 0.2) is 28.2 Å². The molecular weight excluding hydrogens is 374 g/mol. The van der Waals surface area contributed by atoms with Crippen molar-refractivity contribution in [1.82, 2.24) is 14.8 Å². The Hall–Kier alpha value is -1.86. The molecule has 6 nitrogen and oxygen atoms in total. The second-order valence-corrected chi connectivity index (χ2v) is 8.87. The monoisotopic (exact) mass is 403 g/mol. The van der Waals surface area contributed by atoms with E-state index in [1.807, 2.05) is 12.1 Å². The summed E-state index contributed by atoms with van der Waals surface area (Å²) < 4.78 is 7.21. The van der Waals surface area contributed by atoms with Gasteiger partial charge < -0.3 is 4.74 Å². The largest absolute Gasteiger partial charge is 0.376 e. The average Bonchev–Trinajstić information content (AvgIpc) is 3.30. The van der Waals surface area contributed by atoms with Crippen molar-refractivity contribution in [3.63, 3.8) is 0 Å². The highest BCUT2D eigenvalue weighted by atomic mass is 32.2. The zero-order chi connectivity index (χ0) is 20.3. The minimum absolute atomic E-state index is 0.0430. The first kappa shape index (κ1) is 20.9. The number of hydrogen-bond donors (Lipinski definition) is 1. The summed E-state index contributed by atoms with van der Waals surface area (Å²) in [6.45, 7) is 9.74. The second kappa shape index (κ2) is 9.09. The van der Waals surface area contributed by atoms with Crippen LogP contribution in [-0.4, -0.2) is 39.0 Å². The third-order valence-corrected chi connectivity index (χ3v) is 6.11. The van der Waals surface area contributed by atoms with Crippen molar-refractivity contribution in [3.8, 4) is 0 Å². The zero-order valence-corrected chi connectivity index (χ0v) is 17.8. The number of aromatic nitrogens is 3. The Morgan fingerprint density at radius 2 is 2.11 bits per heavy atom.